The second-order valence-electron chi connectivity index (χ2n) is 4.69. The maximum atomic E-state index is 12.3. The van der Waals surface area contributed by atoms with Gasteiger partial charge in [-0.2, -0.15) is 8.42 Å². The fourth-order valence-electron chi connectivity index (χ4n) is 1.94. The van der Waals surface area contributed by atoms with Crippen LogP contribution in [0.3, 0.4) is 0 Å². The fourth-order valence-corrected chi connectivity index (χ4v) is 4.30. The third kappa shape index (κ3) is 3.61. The quantitative estimate of drug-likeness (QED) is 0.519. The number of carbonyl (C=O) groups is 2. The van der Waals surface area contributed by atoms with Crippen LogP contribution in [0.1, 0.15) is 39.5 Å². The van der Waals surface area contributed by atoms with Gasteiger partial charge in [-0.15, -0.1) is 0 Å². The summed E-state index contributed by atoms with van der Waals surface area (Å²) in [5.74, 6) is -2.25. The van der Waals surface area contributed by atoms with Gasteiger partial charge in [0.1, 0.15) is 0 Å². The van der Waals surface area contributed by atoms with Crippen LogP contribution >= 0.6 is 0 Å². The van der Waals surface area contributed by atoms with Crippen LogP contribution in [0.25, 0.3) is 0 Å². The van der Waals surface area contributed by atoms with Crippen molar-refractivity contribution in [3.8, 4) is 0 Å². The zero-order chi connectivity index (χ0) is 16.2. The van der Waals surface area contributed by atoms with Crippen molar-refractivity contribution in [2.24, 2.45) is 0 Å². The highest BCUT2D eigenvalue weighted by Gasteiger charge is 2.51. The Morgan fingerprint density at radius 1 is 1.05 bits per heavy atom. The minimum atomic E-state index is -4.25. The van der Waals surface area contributed by atoms with Crippen molar-refractivity contribution >= 4 is 33.1 Å². The summed E-state index contributed by atoms with van der Waals surface area (Å²) in [6.45, 7) is 3.45. The number of unbranched alkanes of at least 4 members (excludes halogenated alkanes) is 2. The molecule has 2 amide bonds. The molecule has 0 aromatic heterocycles. The Hall–Kier alpha value is -1.00. The van der Waals surface area contributed by atoms with Crippen LogP contribution in [0.2, 0.25) is 0 Å². The Balaban J connectivity index is 3.21. The summed E-state index contributed by atoms with van der Waals surface area (Å²) in [6.07, 6.45) is 2.14. The molecule has 1 heterocycles. The van der Waals surface area contributed by atoms with Crippen LogP contribution in [-0.2, 0) is 30.9 Å². The van der Waals surface area contributed by atoms with Gasteiger partial charge in [-0.3, -0.25) is 9.59 Å². The van der Waals surface area contributed by atoms with E-state index in [1.54, 1.807) is 0 Å². The van der Waals surface area contributed by atoms with Crippen LogP contribution < -0.4 is 0 Å². The van der Waals surface area contributed by atoms with Crippen molar-refractivity contribution in [2.45, 2.75) is 44.8 Å². The number of rotatable bonds is 7. The van der Waals surface area contributed by atoms with Gasteiger partial charge in [-0.05, 0) is 12.8 Å². The zero-order valence-corrected chi connectivity index (χ0v) is 13.7. The van der Waals surface area contributed by atoms with Gasteiger partial charge < -0.3 is 4.55 Å². The van der Waals surface area contributed by atoms with Gasteiger partial charge in [-0.1, -0.05) is 26.7 Å². The van der Waals surface area contributed by atoms with Gasteiger partial charge in [0.15, 0.2) is 11.1 Å². The summed E-state index contributed by atoms with van der Waals surface area (Å²) in [5, 5.41) is -1.86. The van der Waals surface area contributed by atoms with Gasteiger partial charge in [0.2, 0.25) is 5.25 Å². The second-order valence-corrected chi connectivity index (χ2v) is 7.49. The predicted octanol–water partition coefficient (Wildman–Crippen LogP) is 0.0925. The highest BCUT2D eigenvalue weighted by Crippen LogP contribution is 2.23. The third-order valence-corrected chi connectivity index (χ3v) is 5.77. The molecule has 1 atom stereocenters. The van der Waals surface area contributed by atoms with Crippen LogP contribution in [0.4, 0.5) is 0 Å². The standard InChI is InChI=1S/C11H20N2O6S2/c1-3-5-7-12-10(14)9(20(16)17)11(15)13(8-6-4-2)21(12,18)19/h9H,3-8H2,1-2H3,(H,16,17). The van der Waals surface area contributed by atoms with E-state index in [0.29, 0.717) is 34.3 Å². The molecule has 21 heavy (non-hydrogen) atoms. The average Bonchev–Trinajstić information content (AvgIpc) is 2.37. The molecular weight excluding hydrogens is 320 g/mol. The van der Waals surface area contributed by atoms with Crippen molar-refractivity contribution in [2.75, 3.05) is 13.1 Å². The van der Waals surface area contributed by atoms with E-state index in [-0.39, 0.29) is 13.1 Å². The first-order valence-corrected chi connectivity index (χ1v) is 9.33. The smallest absolute Gasteiger partial charge is 0.305 e. The minimum Gasteiger partial charge on any atom is -0.305 e. The van der Waals surface area contributed by atoms with Gasteiger partial charge in [0.05, 0.1) is 0 Å². The molecule has 10 heteroatoms. The van der Waals surface area contributed by atoms with E-state index in [4.69, 9.17) is 4.55 Å². The molecule has 1 aliphatic rings. The largest absolute Gasteiger partial charge is 0.330 e. The molecule has 1 aliphatic heterocycles. The van der Waals surface area contributed by atoms with E-state index in [9.17, 15) is 22.2 Å². The minimum absolute atomic E-state index is 0.0960. The Bertz CT molecular complexity index is 499. The molecule has 8 nitrogen and oxygen atoms in total. The Morgan fingerprint density at radius 2 is 1.43 bits per heavy atom. The summed E-state index contributed by atoms with van der Waals surface area (Å²) >= 11 is -2.74. The molecule has 1 fully saturated rings. The van der Waals surface area contributed by atoms with E-state index in [1.165, 1.54) is 0 Å². The van der Waals surface area contributed by atoms with Gasteiger partial charge in [-0.25, -0.2) is 12.8 Å². The molecule has 122 valence electrons. The molecule has 0 radical (unpaired) electrons. The molecule has 1 unspecified atom stereocenters. The molecule has 1 saturated heterocycles. The molecule has 0 aliphatic carbocycles. The normalized spacial score (nSPS) is 20.9. The van der Waals surface area contributed by atoms with Crippen molar-refractivity contribution in [1.82, 2.24) is 8.61 Å². The Kier molecular flexibility index (Phi) is 6.29. The maximum absolute atomic E-state index is 12.3. The number of amides is 2. The molecule has 0 saturated carbocycles. The molecule has 1 N–H and O–H groups in total. The van der Waals surface area contributed by atoms with Crippen LogP contribution in [0.15, 0.2) is 0 Å². The second kappa shape index (κ2) is 7.32. The molecule has 0 aromatic rings. The summed E-state index contributed by atoms with van der Waals surface area (Å²) in [4.78, 5) is 24.1. The molecule has 1 rings (SSSR count). The highest BCUT2D eigenvalue weighted by atomic mass is 32.2. The maximum Gasteiger partial charge on any atom is 0.330 e. The topological polar surface area (TPSA) is 112 Å². The van der Waals surface area contributed by atoms with Crippen molar-refractivity contribution < 1.29 is 26.8 Å². The SMILES string of the molecule is CCCCN1C(=O)C(S(=O)O)C(=O)N(CCCC)S1(=O)=O. The fraction of sp³-hybridized carbons (Fsp3) is 0.818. The Morgan fingerprint density at radius 3 is 1.71 bits per heavy atom. The number of nitrogens with zero attached hydrogens (tertiary/aromatic N) is 2. The third-order valence-electron chi connectivity index (χ3n) is 3.13. The number of hydrogen-bond donors (Lipinski definition) is 1. The van der Waals surface area contributed by atoms with Crippen molar-refractivity contribution in [1.29, 1.82) is 0 Å². The van der Waals surface area contributed by atoms with E-state index >= 15 is 0 Å². The van der Waals surface area contributed by atoms with Crippen LogP contribution in [0, 0.1) is 0 Å². The van der Waals surface area contributed by atoms with E-state index in [0.717, 1.165) is 0 Å². The van der Waals surface area contributed by atoms with Gasteiger partial charge in [0.25, 0.3) is 11.8 Å². The Labute approximate surface area is 126 Å². The first-order valence-electron chi connectivity index (χ1n) is 6.76. The van der Waals surface area contributed by atoms with Crippen LogP contribution in [0.5, 0.6) is 0 Å². The highest BCUT2D eigenvalue weighted by molar-refractivity contribution is 7.89. The number of hydrogen-bond acceptors (Lipinski definition) is 5. The van der Waals surface area contributed by atoms with E-state index in [1.807, 2.05) is 13.8 Å². The summed E-state index contributed by atoms with van der Waals surface area (Å²) in [6, 6.07) is 0. The lowest BCUT2D eigenvalue weighted by atomic mass is 10.3. The lowest BCUT2D eigenvalue weighted by Crippen LogP contribution is -2.63. The first kappa shape index (κ1) is 18.1. The first-order chi connectivity index (χ1) is 9.78. The summed E-state index contributed by atoms with van der Waals surface area (Å²) in [7, 11) is -4.25. The average molecular weight is 340 g/mol. The monoisotopic (exact) mass is 340 g/mol. The lowest BCUT2D eigenvalue weighted by Gasteiger charge is -2.36. The summed E-state index contributed by atoms with van der Waals surface area (Å²) < 4.78 is 46.2. The summed E-state index contributed by atoms with van der Waals surface area (Å²) in [5.41, 5.74) is 0. The molecular formula is C11H20N2O6S2. The molecule has 0 aromatic carbocycles. The molecule has 0 bridgehead atoms. The molecule has 0 spiro atoms. The van der Waals surface area contributed by atoms with Crippen molar-refractivity contribution in [3.63, 3.8) is 0 Å². The zero-order valence-electron chi connectivity index (χ0n) is 12.0. The lowest BCUT2D eigenvalue weighted by molar-refractivity contribution is -0.137. The van der Waals surface area contributed by atoms with Gasteiger partial charge in [0, 0.05) is 13.1 Å². The number of carbonyl (C=O) groups excluding carboxylic acids is 2. The van der Waals surface area contributed by atoms with Gasteiger partial charge >= 0.3 is 10.2 Å². The van der Waals surface area contributed by atoms with Crippen molar-refractivity contribution in [3.05, 3.63) is 0 Å². The van der Waals surface area contributed by atoms with E-state index < -0.39 is 38.4 Å². The van der Waals surface area contributed by atoms with E-state index in [2.05, 4.69) is 0 Å². The predicted molar refractivity (Wildman–Crippen MR) is 76.7 cm³/mol. The van der Waals surface area contributed by atoms with Crippen LogP contribution in [-0.4, -0.2) is 55.9 Å².